The molecule has 1 saturated heterocycles. The van der Waals surface area contributed by atoms with Gasteiger partial charge in [0.05, 0.1) is 7.11 Å². The Morgan fingerprint density at radius 3 is 2.61 bits per heavy atom. The number of benzene rings is 1. The number of piperidine rings is 1. The molecule has 2 atom stereocenters. The second kappa shape index (κ2) is 11.0. The Morgan fingerprint density at radius 1 is 1.14 bits per heavy atom. The Labute approximate surface area is 215 Å². The fraction of sp³-hybridized carbons (Fsp3) is 0.567. The number of ether oxygens (including phenoxy) is 1. The van der Waals surface area contributed by atoms with Crippen LogP contribution in [0.5, 0.6) is 0 Å². The van der Waals surface area contributed by atoms with Gasteiger partial charge in [-0.3, -0.25) is 14.4 Å². The zero-order valence-corrected chi connectivity index (χ0v) is 22.0. The van der Waals surface area contributed by atoms with Crippen LogP contribution in [0.25, 0.3) is 0 Å². The van der Waals surface area contributed by atoms with Crippen LogP contribution in [0.15, 0.2) is 53.8 Å². The second-order valence-corrected chi connectivity index (χ2v) is 11.4. The average Bonchev–Trinajstić information content (AvgIpc) is 2.88. The molecule has 0 saturated carbocycles. The lowest BCUT2D eigenvalue weighted by Crippen LogP contribution is -2.56. The molecule has 1 aromatic carbocycles. The summed E-state index contributed by atoms with van der Waals surface area (Å²) < 4.78 is 5.35. The number of amides is 2. The molecule has 6 nitrogen and oxygen atoms in total. The highest BCUT2D eigenvalue weighted by Crippen LogP contribution is 2.54. The Kier molecular flexibility index (Phi) is 8.01. The largest absolute Gasteiger partial charge is 0.468 e. The van der Waals surface area contributed by atoms with Crippen molar-refractivity contribution in [2.75, 3.05) is 13.7 Å². The Hall–Kier alpha value is -2.89. The van der Waals surface area contributed by atoms with Crippen LogP contribution in [0.4, 0.5) is 0 Å². The minimum absolute atomic E-state index is 0.0493. The van der Waals surface area contributed by atoms with Crippen molar-refractivity contribution in [3.8, 4) is 0 Å². The summed E-state index contributed by atoms with van der Waals surface area (Å²) in [5.41, 5.74) is 2.17. The van der Waals surface area contributed by atoms with E-state index in [2.05, 4.69) is 31.3 Å². The van der Waals surface area contributed by atoms with E-state index in [9.17, 15) is 14.4 Å². The number of carbonyl (C=O) groups excluding carboxylic acids is 3. The zero-order valence-electron chi connectivity index (χ0n) is 22.0. The summed E-state index contributed by atoms with van der Waals surface area (Å²) in [6.45, 7) is 5.26. The molecule has 0 spiro atoms. The van der Waals surface area contributed by atoms with Crippen LogP contribution in [0.1, 0.15) is 77.2 Å². The lowest BCUT2D eigenvalue weighted by Gasteiger charge is -2.51. The van der Waals surface area contributed by atoms with E-state index in [0.29, 0.717) is 25.9 Å². The maximum Gasteiger partial charge on any atom is 0.317 e. The van der Waals surface area contributed by atoms with Crippen LogP contribution in [-0.4, -0.2) is 36.3 Å². The highest BCUT2D eigenvalue weighted by molar-refractivity contribution is 5.92. The van der Waals surface area contributed by atoms with Crippen LogP contribution in [0, 0.1) is 16.7 Å². The summed E-state index contributed by atoms with van der Waals surface area (Å²) in [6, 6.07) is 9.73. The van der Waals surface area contributed by atoms with Gasteiger partial charge in [0.2, 0.25) is 11.8 Å². The fourth-order valence-electron chi connectivity index (χ4n) is 6.27. The Balaban J connectivity index is 1.58. The second-order valence-electron chi connectivity index (χ2n) is 11.4. The Bertz CT molecular complexity index is 1040. The number of hydrogen-bond acceptors (Lipinski definition) is 4. The first-order valence-electron chi connectivity index (χ1n) is 13.3. The number of nitrogens with zero attached hydrogens (tertiary/aromatic N) is 1. The van der Waals surface area contributed by atoms with Crippen LogP contribution < -0.4 is 5.32 Å². The SMILES string of the molecule is COC(=O)[C@@]12C[C@H](CC(=O)NCc3ccccc3)C(=O)N(CCC3=CCCCC3)C1=CCC(C)(C)C2. The van der Waals surface area contributed by atoms with E-state index < -0.39 is 11.3 Å². The van der Waals surface area contributed by atoms with Gasteiger partial charge in [-0.15, -0.1) is 0 Å². The first kappa shape index (κ1) is 26.2. The van der Waals surface area contributed by atoms with E-state index in [-0.39, 0.29) is 29.6 Å². The summed E-state index contributed by atoms with van der Waals surface area (Å²) in [5.74, 6) is -1.08. The molecule has 1 fully saturated rings. The molecule has 0 bridgehead atoms. The molecule has 0 aromatic heterocycles. The first-order valence-corrected chi connectivity index (χ1v) is 13.3. The van der Waals surface area contributed by atoms with E-state index in [1.807, 2.05) is 35.2 Å². The van der Waals surface area contributed by atoms with Gasteiger partial charge in [-0.25, -0.2) is 0 Å². The Morgan fingerprint density at radius 2 is 1.92 bits per heavy atom. The van der Waals surface area contributed by atoms with Crippen molar-refractivity contribution >= 4 is 17.8 Å². The summed E-state index contributed by atoms with van der Waals surface area (Å²) in [5, 5.41) is 2.96. The number of nitrogens with one attached hydrogen (secondary N) is 1. The van der Waals surface area contributed by atoms with Gasteiger partial charge < -0.3 is 15.0 Å². The highest BCUT2D eigenvalue weighted by Gasteiger charge is 2.57. The topological polar surface area (TPSA) is 75.7 Å². The monoisotopic (exact) mass is 492 g/mol. The minimum atomic E-state index is -0.907. The molecule has 194 valence electrons. The highest BCUT2D eigenvalue weighted by atomic mass is 16.5. The summed E-state index contributed by atoms with van der Waals surface area (Å²) in [4.78, 5) is 42.0. The molecule has 3 aliphatic rings. The van der Waals surface area contributed by atoms with Gasteiger partial charge in [-0.05, 0) is 62.3 Å². The predicted octanol–water partition coefficient (Wildman–Crippen LogP) is 5.30. The van der Waals surface area contributed by atoms with E-state index in [1.54, 1.807) is 0 Å². The standard InChI is InChI=1S/C30H40N2O4/c1-29(2)16-14-25-30(21-29,28(35)36-3)19-24(18-26(33)31-20-23-12-8-5-9-13-23)27(34)32(25)17-15-22-10-6-4-7-11-22/h5,8-10,12-14,24H,4,6-7,11,15-21H2,1-3H3,(H,31,33)/t24-,30+/m0/s1. The summed E-state index contributed by atoms with van der Waals surface area (Å²) in [7, 11) is 1.42. The number of methoxy groups -OCH3 is 1. The number of likely N-dealkylation sites (tertiary alicyclic amines) is 1. The van der Waals surface area contributed by atoms with Gasteiger partial charge in [0.15, 0.2) is 0 Å². The molecule has 2 amide bonds. The molecular weight excluding hydrogens is 452 g/mol. The normalized spacial score (nSPS) is 25.4. The van der Waals surface area contributed by atoms with Gasteiger partial charge in [-0.1, -0.05) is 61.9 Å². The van der Waals surface area contributed by atoms with E-state index in [4.69, 9.17) is 4.74 Å². The van der Waals surface area contributed by atoms with Gasteiger partial charge >= 0.3 is 5.97 Å². The molecule has 1 aliphatic heterocycles. The maximum absolute atomic E-state index is 13.8. The molecule has 0 radical (unpaired) electrons. The lowest BCUT2D eigenvalue weighted by atomic mass is 9.59. The molecule has 0 unspecified atom stereocenters. The fourth-order valence-corrected chi connectivity index (χ4v) is 6.27. The molecule has 4 rings (SSSR count). The predicted molar refractivity (Wildman–Crippen MR) is 139 cm³/mol. The third-order valence-electron chi connectivity index (χ3n) is 8.00. The zero-order chi connectivity index (χ0) is 25.8. The van der Waals surface area contributed by atoms with E-state index in [0.717, 1.165) is 36.9 Å². The smallest absolute Gasteiger partial charge is 0.317 e. The molecule has 1 heterocycles. The number of allylic oxidation sites excluding steroid dienone is 2. The molecular formula is C30H40N2O4. The van der Waals surface area contributed by atoms with Gasteiger partial charge in [-0.2, -0.15) is 0 Å². The van der Waals surface area contributed by atoms with Gasteiger partial charge in [0.1, 0.15) is 5.41 Å². The lowest BCUT2D eigenvalue weighted by molar-refractivity contribution is -0.162. The molecule has 6 heteroatoms. The van der Waals surface area contributed by atoms with Crippen molar-refractivity contribution in [1.82, 2.24) is 10.2 Å². The average molecular weight is 493 g/mol. The maximum atomic E-state index is 13.8. The molecule has 1 N–H and O–H groups in total. The van der Waals surface area contributed by atoms with Gasteiger partial charge in [0.25, 0.3) is 0 Å². The van der Waals surface area contributed by atoms with Crippen molar-refractivity contribution in [3.05, 3.63) is 59.3 Å². The number of hydrogen-bond donors (Lipinski definition) is 1. The van der Waals surface area contributed by atoms with Crippen LogP contribution in [0.2, 0.25) is 0 Å². The summed E-state index contributed by atoms with van der Waals surface area (Å²) >= 11 is 0. The van der Waals surface area contributed by atoms with Gasteiger partial charge in [0, 0.05) is 31.1 Å². The molecule has 36 heavy (non-hydrogen) atoms. The number of carbonyl (C=O) groups is 3. The van der Waals surface area contributed by atoms with E-state index in [1.165, 1.54) is 25.5 Å². The van der Waals surface area contributed by atoms with Crippen LogP contribution >= 0.6 is 0 Å². The van der Waals surface area contributed by atoms with Crippen molar-refractivity contribution in [3.63, 3.8) is 0 Å². The van der Waals surface area contributed by atoms with Crippen LogP contribution in [0.3, 0.4) is 0 Å². The third-order valence-corrected chi connectivity index (χ3v) is 8.00. The number of fused-ring (bicyclic) bond motifs is 1. The van der Waals surface area contributed by atoms with Crippen molar-refractivity contribution in [2.45, 2.75) is 78.2 Å². The summed E-state index contributed by atoms with van der Waals surface area (Å²) in [6.07, 6.45) is 11.5. The third kappa shape index (κ3) is 5.74. The minimum Gasteiger partial charge on any atom is -0.468 e. The number of esters is 1. The van der Waals surface area contributed by atoms with Crippen molar-refractivity contribution in [2.24, 2.45) is 16.7 Å². The first-order chi connectivity index (χ1) is 17.2. The quantitative estimate of drug-likeness (QED) is 0.395. The molecule has 2 aliphatic carbocycles. The van der Waals surface area contributed by atoms with Crippen molar-refractivity contribution in [1.29, 1.82) is 0 Å². The molecule has 1 aromatic rings. The van der Waals surface area contributed by atoms with E-state index >= 15 is 0 Å². The number of rotatable bonds is 8. The van der Waals surface area contributed by atoms with Crippen molar-refractivity contribution < 1.29 is 19.1 Å². The van der Waals surface area contributed by atoms with Crippen LogP contribution in [-0.2, 0) is 25.7 Å².